The Morgan fingerprint density at radius 3 is 3.00 bits per heavy atom. The number of rotatable bonds is 0. The molecule has 0 spiro atoms. The highest BCUT2D eigenvalue weighted by Crippen LogP contribution is 2.27. The summed E-state index contributed by atoms with van der Waals surface area (Å²) in [7, 11) is 0. The molecule has 0 bridgehead atoms. The number of hydrogen-bond donors (Lipinski definition) is 0. The van der Waals surface area contributed by atoms with E-state index in [0.717, 1.165) is 12.2 Å². The van der Waals surface area contributed by atoms with Crippen LogP contribution in [0, 0.1) is 0 Å². The predicted octanol–water partition coefficient (Wildman–Crippen LogP) is 2.01. The zero-order valence-corrected chi connectivity index (χ0v) is 6.00. The Balaban J connectivity index is 2.42. The van der Waals surface area contributed by atoms with Crippen LogP contribution in [0.4, 0.5) is 0 Å². The van der Waals surface area contributed by atoms with E-state index in [1.807, 2.05) is 12.1 Å². The highest BCUT2D eigenvalue weighted by molar-refractivity contribution is 5.36. The summed E-state index contributed by atoms with van der Waals surface area (Å²) in [5, 5.41) is 0. The standard InChI is InChI=1S/C9H10O/c1-7-6-8-4-2-3-5-9(8)10-7/h2-5,7H,6H2,1H3/t7-/m1/s1. The van der Waals surface area contributed by atoms with Crippen LogP contribution in [0.15, 0.2) is 24.3 Å². The molecule has 10 heavy (non-hydrogen) atoms. The third-order valence-electron chi connectivity index (χ3n) is 1.81. The molecule has 0 N–H and O–H groups in total. The van der Waals surface area contributed by atoms with Gasteiger partial charge in [-0.05, 0) is 18.6 Å². The van der Waals surface area contributed by atoms with Gasteiger partial charge in [0.1, 0.15) is 11.9 Å². The first kappa shape index (κ1) is 5.78. The monoisotopic (exact) mass is 134 g/mol. The summed E-state index contributed by atoms with van der Waals surface area (Å²) in [4.78, 5) is 0. The molecule has 1 nitrogen and oxygen atoms in total. The van der Waals surface area contributed by atoms with Crippen LogP contribution in [0.3, 0.4) is 0 Å². The second-order valence-electron chi connectivity index (χ2n) is 2.74. The first-order valence-corrected chi connectivity index (χ1v) is 3.61. The summed E-state index contributed by atoms with van der Waals surface area (Å²) < 4.78 is 5.51. The Morgan fingerprint density at radius 1 is 1.40 bits per heavy atom. The van der Waals surface area contributed by atoms with Crippen LogP contribution >= 0.6 is 0 Å². The molecule has 1 aliphatic rings. The van der Waals surface area contributed by atoms with Crippen molar-refractivity contribution in [3.05, 3.63) is 29.8 Å². The molecule has 0 aromatic heterocycles. The topological polar surface area (TPSA) is 9.23 Å². The highest BCUT2D eigenvalue weighted by atomic mass is 16.5. The molecule has 0 fully saturated rings. The van der Waals surface area contributed by atoms with Gasteiger partial charge in [0, 0.05) is 6.42 Å². The van der Waals surface area contributed by atoms with Gasteiger partial charge in [-0.15, -0.1) is 0 Å². The molecule has 1 aromatic rings. The maximum Gasteiger partial charge on any atom is 0.123 e. The van der Waals surface area contributed by atoms with Gasteiger partial charge in [0.05, 0.1) is 0 Å². The van der Waals surface area contributed by atoms with Gasteiger partial charge in [-0.1, -0.05) is 18.2 Å². The van der Waals surface area contributed by atoms with Gasteiger partial charge < -0.3 is 4.74 Å². The maximum absolute atomic E-state index is 5.51. The van der Waals surface area contributed by atoms with Gasteiger partial charge in [-0.2, -0.15) is 0 Å². The summed E-state index contributed by atoms with van der Waals surface area (Å²) >= 11 is 0. The van der Waals surface area contributed by atoms with Crippen molar-refractivity contribution in [1.82, 2.24) is 0 Å². The molecule has 1 heterocycles. The Kier molecular flexibility index (Phi) is 1.16. The van der Waals surface area contributed by atoms with Crippen LogP contribution < -0.4 is 4.74 Å². The number of para-hydroxylation sites is 1. The van der Waals surface area contributed by atoms with E-state index in [9.17, 15) is 0 Å². The van der Waals surface area contributed by atoms with Crippen molar-refractivity contribution >= 4 is 0 Å². The fourth-order valence-electron chi connectivity index (χ4n) is 1.36. The van der Waals surface area contributed by atoms with Gasteiger partial charge in [0.2, 0.25) is 0 Å². The van der Waals surface area contributed by atoms with Crippen molar-refractivity contribution in [1.29, 1.82) is 0 Å². The third kappa shape index (κ3) is 0.783. The van der Waals surface area contributed by atoms with Crippen LogP contribution in [0.25, 0.3) is 0 Å². The lowest BCUT2D eigenvalue weighted by atomic mass is 10.1. The minimum atomic E-state index is 0.373. The van der Waals surface area contributed by atoms with Gasteiger partial charge in [-0.3, -0.25) is 0 Å². The Hall–Kier alpha value is -0.980. The van der Waals surface area contributed by atoms with Crippen molar-refractivity contribution < 1.29 is 4.74 Å². The van der Waals surface area contributed by atoms with E-state index in [1.165, 1.54) is 5.56 Å². The van der Waals surface area contributed by atoms with Gasteiger partial charge in [-0.25, -0.2) is 0 Å². The summed E-state index contributed by atoms with van der Waals surface area (Å²) in [6.45, 7) is 2.10. The molecule has 1 aromatic carbocycles. The van der Waals surface area contributed by atoms with Gasteiger partial charge in [0.25, 0.3) is 0 Å². The van der Waals surface area contributed by atoms with Crippen molar-refractivity contribution in [3.8, 4) is 5.75 Å². The molecular weight excluding hydrogens is 124 g/mol. The van der Waals surface area contributed by atoms with E-state index < -0.39 is 0 Å². The van der Waals surface area contributed by atoms with Gasteiger partial charge >= 0.3 is 0 Å². The second kappa shape index (κ2) is 2.01. The van der Waals surface area contributed by atoms with E-state index in [1.54, 1.807) is 0 Å². The number of hydrogen-bond acceptors (Lipinski definition) is 1. The predicted molar refractivity (Wildman–Crippen MR) is 40.2 cm³/mol. The summed E-state index contributed by atoms with van der Waals surface area (Å²) in [5.74, 6) is 1.06. The molecular formula is C9H10O. The lowest BCUT2D eigenvalue weighted by Gasteiger charge is -2.00. The summed E-state index contributed by atoms with van der Waals surface area (Å²) in [5.41, 5.74) is 1.34. The number of ether oxygens (including phenoxy) is 1. The van der Waals surface area contributed by atoms with E-state index >= 15 is 0 Å². The highest BCUT2D eigenvalue weighted by Gasteiger charge is 2.16. The molecule has 1 atom stereocenters. The largest absolute Gasteiger partial charge is 0.490 e. The van der Waals surface area contributed by atoms with E-state index in [2.05, 4.69) is 19.1 Å². The molecule has 0 unspecified atom stereocenters. The smallest absolute Gasteiger partial charge is 0.123 e. The number of benzene rings is 1. The molecule has 0 aliphatic carbocycles. The van der Waals surface area contributed by atoms with E-state index in [-0.39, 0.29) is 0 Å². The van der Waals surface area contributed by atoms with Crippen LogP contribution in [0.1, 0.15) is 12.5 Å². The van der Waals surface area contributed by atoms with E-state index in [4.69, 9.17) is 4.74 Å². The fraction of sp³-hybridized carbons (Fsp3) is 0.333. The van der Waals surface area contributed by atoms with Crippen molar-refractivity contribution in [3.63, 3.8) is 0 Å². The molecule has 2 rings (SSSR count). The first-order chi connectivity index (χ1) is 4.86. The molecule has 0 saturated heterocycles. The average Bonchev–Trinajstić information content (AvgIpc) is 2.27. The molecule has 0 saturated carbocycles. The Morgan fingerprint density at radius 2 is 2.20 bits per heavy atom. The third-order valence-corrected chi connectivity index (χ3v) is 1.81. The second-order valence-corrected chi connectivity index (χ2v) is 2.74. The van der Waals surface area contributed by atoms with Gasteiger partial charge in [0.15, 0.2) is 0 Å². The van der Waals surface area contributed by atoms with Crippen molar-refractivity contribution in [2.45, 2.75) is 19.4 Å². The first-order valence-electron chi connectivity index (χ1n) is 3.61. The SMILES string of the molecule is C[C@@H]1Cc2ccccc2O1. The molecule has 1 heteroatoms. The minimum absolute atomic E-state index is 0.373. The lowest BCUT2D eigenvalue weighted by Crippen LogP contribution is -2.05. The zero-order valence-electron chi connectivity index (χ0n) is 6.00. The quantitative estimate of drug-likeness (QED) is 0.527. The zero-order chi connectivity index (χ0) is 6.97. The maximum atomic E-state index is 5.51. The summed E-state index contributed by atoms with van der Waals surface area (Å²) in [6.07, 6.45) is 1.44. The van der Waals surface area contributed by atoms with E-state index in [0.29, 0.717) is 6.10 Å². The molecule has 52 valence electrons. The normalized spacial score (nSPS) is 21.9. The number of fused-ring (bicyclic) bond motifs is 1. The lowest BCUT2D eigenvalue weighted by molar-refractivity contribution is 0.254. The summed E-state index contributed by atoms with van der Waals surface area (Å²) in [6, 6.07) is 8.22. The fourth-order valence-corrected chi connectivity index (χ4v) is 1.36. The van der Waals surface area contributed by atoms with Crippen LogP contribution in [0.5, 0.6) is 5.75 Å². The average molecular weight is 134 g/mol. The molecule has 1 aliphatic heterocycles. The molecule has 0 radical (unpaired) electrons. The van der Waals surface area contributed by atoms with Crippen molar-refractivity contribution in [2.75, 3.05) is 0 Å². The molecule has 0 amide bonds. The minimum Gasteiger partial charge on any atom is -0.490 e. The van der Waals surface area contributed by atoms with Crippen LogP contribution in [-0.4, -0.2) is 6.10 Å². The van der Waals surface area contributed by atoms with Crippen LogP contribution in [-0.2, 0) is 6.42 Å². The van der Waals surface area contributed by atoms with Crippen molar-refractivity contribution in [2.24, 2.45) is 0 Å². The van der Waals surface area contributed by atoms with Crippen LogP contribution in [0.2, 0.25) is 0 Å². The Bertz CT molecular complexity index is 217. The Labute approximate surface area is 60.6 Å².